The van der Waals surface area contributed by atoms with E-state index in [4.69, 9.17) is 14.9 Å². The Kier molecular flexibility index (Phi) is 5.19. The number of rotatable bonds is 5. The minimum Gasteiger partial charge on any atom is -0.478 e. The first kappa shape index (κ1) is 15.3. The molecule has 3 N–H and O–H groups in total. The van der Waals surface area contributed by atoms with Crippen LogP contribution in [0.1, 0.15) is 25.7 Å². The number of hydrogen-bond acceptors (Lipinski definition) is 5. The molecule has 116 valence electrons. The highest BCUT2D eigenvalue weighted by molar-refractivity contribution is 5.89. The molecule has 3 rings (SSSR count). The largest absolute Gasteiger partial charge is 0.478 e. The molecular formula is C14H20N2O5. The van der Waals surface area contributed by atoms with Crippen molar-refractivity contribution in [3.63, 3.8) is 0 Å². The molecule has 0 unspecified atom stereocenters. The Morgan fingerprint density at radius 2 is 1.67 bits per heavy atom. The summed E-state index contributed by atoms with van der Waals surface area (Å²) in [6.07, 6.45) is 6.73. The Labute approximate surface area is 122 Å². The lowest BCUT2D eigenvalue weighted by Crippen LogP contribution is -2.38. The number of carboxylic acids is 2. The molecule has 0 aromatic heterocycles. The second-order valence-corrected chi connectivity index (χ2v) is 5.39. The molecule has 2 aliphatic carbocycles. The molecule has 0 saturated heterocycles. The highest BCUT2D eigenvalue weighted by atomic mass is 16.5. The molecule has 0 radical (unpaired) electrons. The van der Waals surface area contributed by atoms with Crippen molar-refractivity contribution in [2.24, 2.45) is 16.8 Å². The number of carboxylic acid groups (broad SMARTS) is 2. The lowest BCUT2D eigenvalue weighted by Gasteiger charge is -2.17. The van der Waals surface area contributed by atoms with E-state index in [1.54, 1.807) is 0 Å². The van der Waals surface area contributed by atoms with Crippen molar-refractivity contribution in [3.05, 3.63) is 12.2 Å². The smallest absolute Gasteiger partial charge is 0.328 e. The number of carbonyl (C=O) groups is 2. The van der Waals surface area contributed by atoms with Crippen molar-refractivity contribution in [1.29, 1.82) is 0 Å². The van der Waals surface area contributed by atoms with Crippen LogP contribution in [-0.2, 0) is 14.3 Å². The summed E-state index contributed by atoms with van der Waals surface area (Å²) in [4.78, 5) is 23.4. The minimum absolute atomic E-state index is 0.558. The quantitative estimate of drug-likeness (QED) is 0.649. The standard InChI is InChI=1S/C10H16N2O.C4H4O4/c1-2-7(1)9(8-3-4-8)12-10-11-5-6-13-10;5-3(6)1-2-4(7)8/h7-9H,1-6H2,(H,11,12);1-2H,(H,5,6)(H,7,8)/b;2-1+. The summed E-state index contributed by atoms with van der Waals surface area (Å²) >= 11 is 0. The molecule has 0 amide bonds. The fourth-order valence-corrected chi connectivity index (χ4v) is 2.24. The van der Waals surface area contributed by atoms with Crippen molar-refractivity contribution < 1.29 is 24.5 Å². The van der Waals surface area contributed by atoms with E-state index in [0.29, 0.717) is 18.2 Å². The molecule has 2 fully saturated rings. The predicted molar refractivity (Wildman–Crippen MR) is 75.0 cm³/mol. The number of amidine groups is 1. The van der Waals surface area contributed by atoms with Crippen LogP contribution in [0.4, 0.5) is 0 Å². The van der Waals surface area contributed by atoms with E-state index in [9.17, 15) is 9.59 Å². The summed E-state index contributed by atoms with van der Waals surface area (Å²) in [5, 5.41) is 19.1. The maximum atomic E-state index is 9.55. The van der Waals surface area contributed by atoms with Gasteiger partial charge in [0.25, 0.3) is 6.02 Å². The maximum Gasteiger partial charge on any atom is 0.328 e. The molecule has 0 aromatic rings. The van der Waals surface area contributed by atoms with Gasteiger partial charge in [-0.2, -0.15) is 0 Å². The number of aliphatic imine (C=N–C) groups is 1. The second kappa shape index (κ2) is 7.10. The van der Waals surface area contributed by atoms with E-state index in [0.717, 1.165) is 31.0 Å². The van der Waals surface area contributed by atoms with Crippen LogP contribution in [0.3, 0.4) is 0 Å². The van der Waals surface area contributed by atoms with Gasteiger partial charge >= 0.3 is 11.9 Å². The number of nitrogens with one attached hydrogen (secondary N) is 1. The van der Waals surface area contributed by atoms with E-state index in [2.05, 4.69) is 10.3 Å². The lowest BCUT2D eigenvalue weighted by molar-refractivity contribution is -0.134. The summed E-state index contributed by atoms with van der Waals surface area (Å²) in [5.41, 5.74) is 0. The topological polar surface area (TPSA) is 108 Å². The molecule has 0 spiro atoms. The summed E-state index contributed by atoms with van der Waals surface area (Å²) < 4.78 is 5.38. The van der Waals surface area contributed by atoms with E-state index in [-0.39, 0.29) is 0 Å². The summed E-state index contributed by atoms with van der Waals surface area (Å²) in [6, 6.07) is 1.49. The summed E-state index contributed by atoms with van der Waals surface area (Å²) in [7, 11) is 0. The fourth-order valence-electron chi connectivity index (χ4n) is 2.24. The first-order chi connectivity index (χ1) is 10.1. The van der Waals surface area contributed by atoms with Gasteiger partial charge in [0.1, 0.15) is 6.61 Å². The molecule has 0 aromatic carbocycles. The molecule has 0 bridgehead atoms. The molecule has 3 aliphatic rings. The van der Waals surface area contributed by atoms with Gasteiger partial charge < -0.3 is 20.3 Å². The van der Waals surface area contributed by atoms with E-state index < -0.39 is 11.9 Å². The number of hydrogen-bond donors (Lipinski definition) is 3. The fraction of sp³-hybridized carbons (Fsp3) is 0.643. The van der Waals surface area contributed by atoms with Gasteiger partial charge in [0.15, 0.2) is 0 Å². The molecule has 21 heavy (non-hydrogen) atoms. The zero-order chi connectivity index (χ0) is 15.2. The average Bonchev–Trinajstić information content (AvgIpc) is 3.36. The molecule has 7 heteroatoms. The van der Waals surface area contributed by atoms with E-state index in [1.807, 2.05) is 0 Å². The molecule has 2 saturated carbocycles. The molecule has 1 aliphatic heterocycles. The normalized spacial score (nSPS) is 20.5. The summed E-state index contributed by atoms with van der Waals surface area (Å²) in [6.45, 7) is 1.61. The van der Waals surface area contributed by atoms with Gasteiger partial charge in [-0.3, -0.25) is 0 Å². The van der Waals surface area contributed by atoms with Crippen LogP contribution >= 0.6 is 0 Å². The monoisotopic (exact) mass is 296 g/mol. The Morgan fingerprint density at radius 3 is 2.00 bits per heavy atom. The van der Waals surface area contributed by atoms with Gasteiger partial charge in [0.05, 0.1) is 6.54 Å². The Bertz CT molecular complexity index is 424. The van der Waals surface area contributed by atoms with Crippen LogP contribution in [0.15, 0.2) is 17.1 Å². The van der Waals surface area contributed by atoms with Crippen LogP contribution in [0.5, 0.6) is 0 Å². The highest BCUT2D eigenvalue weighted by Crippen LogP contribution is 2.44. The molecule has 0 atom stereocenters. The predicted octanol–water partition coefficient (Wildman–Crippen LogP) is 0.863. The van der Waals surface area contributed by atoms with Gasteiger partial charge in [0.2, 0.25) is 0 Å². The van der Waals surface area contributed by atoms with Gasteiger partial charge in [-0.25, -0.2) is 14.6 Å². The average molecular weight is 296 g/mol. The van der Waals surface area contributed by atoms with Crippen LogP contribution in [-0.4, -0.2) is 47.4 Å². The third-order valence-electron chi connectivity index (χ3n) is 3.50. The highest BCUT2D eigenvalue weighted by Gasteiger charge is 2.42. The number of ether oxygens (including phenoxy) is 1. The zero-order valence-electron chi connectivity index (χ0n) is 11.7. The van der Waals surface area contributed by atoms with Crippen molar-refractivity contribution in [2.45, 2.75) is 31.7 Å². The van der Waals surface area contributed by atoms with Crippen molar-refractivity contribution in [1.82, 2.24) is 5.32 Å². The SMILES string of the molecule is C1COC(NC(C2CC2)C2CC2)=N1.O=C(O)/C=C/C(=O)O. The van der Waals surface area contributed by atoms with Crippen molar-refractivity contribution in [3.8, 4) is 0 Å². The third kappa shape index (κ3) is 5.85. The van der Waals surface area contributed by atoms with Crippen LogP contribution in [0.2, 0.25) is 0 Å². The van der Waals surface area contributed by atoms with Crippen molar-refractivity contribution >= 4 is 18.0 Å². The first-order valence-electron chi connectivity index (χ1n) is 7.14. The zero-order valence-corrected chi connectivity index (χ0v) is 11.7. The lowest BCUT2D eigenvalue weighted by atomic mass is 10.1. The van der Waals surface area contributed by atoms with Crippen LogP contribution in [0, 0.1) is 11.8 Å². The molecular weight excluding hydrogens is 276 g/mol. The second-order valence-electron chi connectivity index (χ2n) is 5.39. The van der Waals surface area contributed by atoms with E-state index >= 15 is 0 Å². The first-order valence-corrected chi connectivity index (χ1v) is 7.14. The third-order valence-corrected chi connectivity index (χ3v) is 3.50. The molecule has 7 nitrogen and oxygen atoms in total. The van der Waals surface area contributed by atoms with Gasteiger partial charge in [-0.1, -0.05) is 0 Å². The summed E-state index contributed by atoms with van der Waals surface area (Å²) in [5.74, 6) is -0.682. The van der Waals surface area contributed by atoms with Gasteiger partial charge in [-0.15, -0.1) is 0 Å². The van der Waals surface area contributed by atoms with Gasteiger partial charge in [-0.05, 0) is 37.5 Å². The minimum atomic E-state index is -1.26. The van der Waals surface area contributed by atoms with Crippen LogP contribution < -0.4 is 5.32 Å². The molecule has 1 heterocycles. The van der Waals surface area contributed by atoms with Gasteiger partial charge in [0, 0.05) is 18.2 Å². The Morgan fingerprint density at radius 1 is 1.14 bits per heavy atom. The number of nitrogens with zero attached hydrogens (tertiary/aromatic N) is 1. The van der Waals surface area contributed by atoms with E-state index in [1.165, 1.54) is 25.7 Å². The Balaban J connectivity index is 0.000000177. The Hall–Kier alpha value is -2.05. The maximum absolute atomic E-state index is 9.55. The number of aliphatic carboxylic acids is 2. The van der Waals surface area contributed by atoms with Crippen molar-refractivity contribution in [2.75, 3.05) is 13.2 Å². The van der Waals surface area contributed by atoms with Crippen LogP contribution in [0.25, 0.3) is 0 Å².